The predicted octanol–water partition coefficient (Wildman–Crippen LogP) is 3.01. The number of rotatable bonds is 6. The van der Waals surface area contributed by atoms with Gasteiger partial charge in [-0.1, -0.05) is 18.5 Å². The molecule has 2 heterocycles. The van der Waals surface area contributed by atoms with Crippen LogP contribution in [-0.2, 0) is 11.2 Å². The number of aryl methyl sites for hydroxylation is 1. The lowest BCUT2D eigenvalue weighted by atomic mass is 10.2. The maximum atomic E-state index is 12.2. The van der Waals surface area contributed by atoms with Crippen molar-refractivity contribution >= 4 is 17.5 Å². The number of ether oxygens (including phenoxy) is 1. The number of methoxy groups -OCH3 is 1. The molecule has 112 valence electrons. The number of hydrogen-bond acceptors (Lipinski definition) is 4. The third kappa shape index (κ3) is 4.06. The highest BCUT2D eigenvalue weighted by Gasteiger charge is 2.19. The van der Waals surface area contributed by atoms with Gasteiger partial charge in [-0.25, -0.2) is 4.98 Å². The summed E-state index contributed by atoms with van der Waals surface area (Å²) in [6.07, 6.45) is 2.23. The second-order valence-electron chi connectivity index (χ2n) is 4.51. The van der Waals surface area contributed by atoms with E-state index in [-0.39, 0.29) is 11.9 Å². The highest BCUT2D eigenvalue weighted by atomic mass is 35.5. The van der Waals surface area contributed by atoms with Crippen LogP contribution in [0.5, 0.6) is 0 Å². The van der Waals surface area contributed by atoms with Crippen molar-refractivity contribution in [2.45, 2.75) is 19.4 Å². The number of carbonyl (C=O) groups excluding carboxylic acids is 1. The van der Waals surface area contributed by atoms with Crippen LogP contribution in [0.2, 0.25) is 5.15 Å². The van der Waals surface area contributed by atoms with E-state index in [2.05, 4.69) is 10.3 Å². The second kappa shape index (κ2) is 7.24. The van der Waals surface area contributed by atoms with E-state index in [1.807, 2.05) is 19.1 Å². The van der Waals surface area contributed by atoms with Crippen molar-refractivity contribution in [3.05, 3.63) is 52.7 Å². The smallest absolute Gasteiger partial charge is 0.253 e. The molecule has 2 rings (SSSR count). The number of halogens is 1. The maximum absolute atomic E-state index is 12.2. The van der Waals surface area contributed by atoms with E-state index in [1.165, 1.54) is 6.20 Å². The van der Waals surface area contributed by atoms with Crippen LogP contribution in [0.3, 0.4) is 0 Å². The summed E-state index contributed by atoms with van der Waals surface area (Å²) in [7, 11) is 1.58. The van der Waals surface area contributed by atoms with Gasteiger partial charge < -0.3 is 14.5 Å². The molecule has 2 aromatic rings. The van der Waals surface area contributed by atoms with E-state index >= 15 is 0 Å². The van der Waals surface area contributed by atoms with Crippen LogP contribution in [-0.4, -0.2) is 24.6 Å². The lowest BCUT2D eigenvalue weighted by Crippen LogP contribution is -2.31. The zero-order valence-electron chi connectivity index (χ0n) is 11.9. The molecule has 0 aliphatic heterocycles. The fraction of sp³-hybridized carbons (Fsp3) is 0.333. The Labute approximate surface area is 128 Å². The van der Waals surface area contributed by atoms with E-state index in [1.54, 1.807) is 19.2 Å². The molecule has 0 unspecified atom stereocenters. The minimum atomic E-state index is -0.349. The molecule has 0 aliphatic rings. The summed E-state index contributed by atoms with van der Waals surface area (Å²) in [6, 6.07) is 6.59. The molecule has 21 heavy (non-hydrogen) atoms. The molecular formula is C15H17ClN2O3. The number of pyridine rings is 1. The molecule has 1 atom stereocenters. The highest BCUT2D eigenvalue weighted by molar-refractivity contribution is 6.29. The Bertz CT molecular complexity index is 595. The molecule has 0 aliphatic carbocycles. The molecule has 0 fully saturated rings. The SMILES string of the molecule is CCc1ccc([C@@H](COC)NC(=O)c2ccc(Cl)nc2)o1. The van der Waals surface area contributed by atoms with E-state index < -0.39 is 0 Å². The average Bonchev–Trinajstić information content (AvgIpc) is 2.96. The highest BCUT2D eigenvalue weighted by Crippen LogP contribution is 2.18. The predicted molar refractivity (Wildman–Crippen MR) is 79.4 cm³/mol. The van der Waals surface area contributed by atoms with Crippen molar-refractivity contribution in [2.24, 2.45) is 0 Å². The normalized spacial score (nSPS) is 12.1. The summed E-state index contributed by atoms with van der Waals surface area (Å²) in [5.74, 6) is 1.29. The maximum Gasteiger partial charge on any atom is 0.253 e. The number of furan rings is 1. The lowest BCUT2D eigenvalue weighted by molar-refractivity contribution is 0.0882. The monoisotopic (exact) mass is 308 g/mol. The summed E-state index contributed by atoms with van der Waals surface area (Å²) in [5, 5.41) is 3.21. The van der Waals surface area contributed by atoms with Gasteiger partial charge in [0.25, 0.3) is 5.91 Å². The van der Waals surface area contributed by atoms with E-state index in [0.29, 0.717) is 23.1 Å². The van der Waals surface area contributed by atoms with Crippen LogP contribution in [0.15, 0.2) is 34.9 Å². The summed E-state index contributed by atoms with van der Waals surface area (Å²) in [5.41, 5.74) is 0.433. The van der Waals surface area contributed by atoms with Gasteiger partial charge in [-0.2, -0.15) is 0 Å². The minimum Gasteiger partial charge on any atom is -0.464 e. The largest absolute Gasteiger partial charge is 0.464 e. The lowest BCUT2D eigenvalue weighted by Gasteiger charge is -2.15. The number of nitrogens with zero attached hydrogens (tertiary/aromatic N) is 1. The summed E-state index contributed by atoms with van der Waals surface area (Å²) >= 11 is 5.71. The third-order valence-electron chi connectivity index (χ3n) is 3.00. The van der Waals surface area contributed by atoms with E-state index in [0.717, 1.165) is 12.2 Å². The minimum absolute atomic E-state index is 0.254. The Morgan fingerprint density at radius 2 is 2.24 bits per heavy atom. The van der Waals surface area contributed by atoms with Gasteiger partial charge in [-0.3, -0.25) is 4.79 Å². The molecule has 2 aromatic heterocycles. The first kappa shape index (κ1) is 15.5. The molecule has 0 spiro atoms. The second-order valence-corrected chi connectivity index (χ2v) is 4.90. The van der Waals surface area contributed by atoms with Crippen molar-refractivity contribution in [1.82, 2.24) is 10.3 Å². The summed E-state index contributed by atoms with van der Waals surface area (Å²) < 4.78 is 10.8. The van der Waals surface area contributed by atoms with Crippen LogP contribution < -0.4 is 5.32 Å². The van der Waals surface area contributed by atoms with Gasteiger partial charge in [-0.05, 0) is 24.3 Å². The van der Waals surface area contributed by atoms with Crippen molar-refractivity contribution < 1.29 is 13.9 Å². The molecule has 0 radical (unpaired) electrons. The first-order chi connectivity index (χ1) is 10.1. The molecule has 0 aromatic carbocycles. The van der Waals surface area contributed by atoms with Crippen molar-refractivity contribution in [3.8, 4) is 0 Å². The molecule has 0 saturated heterocycles. The summed E-state index contributed by atoms with van der Waals surface area (Å²) in [4.78, 5) is 16.1. The average molecular weight is 309 g/mol. The molecule has 0 bridgehead atoms. The number of carbonyl (C=O) groups is 1. The molecule has 0 saturated carbocycles. The fourth-order valence-corrected chi connectivity index (χ4v) is 2.00. The Balaban J connectivity index is 2.11. The molecule has 1 amide bonds. The van der Waals surface area contributed by atoms with Crippen LogP contribution >= 0.6 is 11.6 Å². The Kier molecular flexibility index (Phi) is 5.36. The zero-order chi connectivity index (χ0) is 15.2. The molecule has 6 heteroatoms. The van der Waals surface area contributed by atoms with Crippen LogP contribution in [0.4, 0.5) is 0 Å². The van der Waals surface area contributed by atoms with Gasteiger partial charge in [0.1, 0.15) is 22.7 Å². The van der Waals surface area contributed by atoms with Gasteiger partial charge in [0.2, 0.25) is 0 Å². The van der Waals surface area contributed by atoms with Crippen molar-refractivity contribution in [1.29, 1.82) is 0 Å². The quantitative estimate of drug-likeness (QED) is 0.833. The molecular weight excluding hydrogens is 292 g/mol. The number of nitrogens with one attached hydrogen (secondary N) is 1. The van der Waals surface area contributed by atoms with Gasteiger partial charge in [0.15, 0.2) is 0 Å². The fourth-order valence-electron chi connectivity index (χ4n) is 1.89. The Hall–Kier alpha value is -1.85. The number of aromatic nitrogens is 1. The zero-order valence-corrected chi connectivity index (χ0v) is 12.7. The van der Waals surface area contributed by atoms with Crippen LogP contribution in [0, 0.1) is 0 Å². The Morgan fingerprint density at radius 1 is 1.43 bits per heavy atom. The van der Waals surface area contributed by atoms with Crippen molar-refractivity contribution in [2.75, 3.05) is 13.7 Å². The van der Waals surface area contributed by atoms with E-state index in [4.69, 9.17) is 20.8 Å². The third-order valence-corrected chi connectivity index (χ3v) is 3.23. The van der Waals surface area contributed by atoms with E-state index in [9.17, 15) is 4.79 Å². The van der Waals surface area contributed by atoms with Gasteiger partial charge in [0, 0.05) is 19.7 Å². The molecule has 5 nitrogen and oxygen atoms in total. The number of hydrogen-bond donors (Lipinski definition) is 1. The van der Waals surface area contributed by atoms with Crippen LogP contribution in [0.25, 0.3) is 0 Å². The Morgan fingerprint density at radius 3 is 2.81 bits per heavy atom. The van der Waals surface area contributed by atoms with Gasteiger partial charge >= 0.3 is 0 Å². The molecule has 1 N–H and O–H groups in total. The van der Waals surface area contributed by atoms with Crippen molar-refractivity contribution in [3.63, 3.8) is 0 Å². The first-order valence-electron chi connectivity index (χ1n) is 6.64. The first-order valence-corrected chi connectivity index (χ1v) is 7.01. The standard InChI is InChI=1S/C15H17ClN2O3/c1-3-11-5-6-13(21-11)12(9-20-2)18-15(19)10-4-7-14(16)17-8-10/h4-8,12H,3,9H2,1-2H3,(H,18,19)/t12-/m1/s1. The van der Waals surface area contributed by atoms with Gasteiger partial charge in [0.05, 0.1) is 12.2 Å². The van der Waals surface area contributed by atoms with Crippen LogP contribution in [0.1, 0.15) is 34.8 Å². The topological polar surface area (TPSA) is 64.4 Å². The number of amides is 1. The summed E-state index contributed by atoms with van der Waals surface area (Å²) in [6.45, 7) is 2.33. The van der Waals surface area contributed by atoms with Gasteiger partial charge in [-0.15, -0.1) is 0 Å².